The van der Waals surface area contributed by atoms with Gasteiger partial charge in [0, 0.05) is 48.4 Å². The number of hydrogen-bond donors (Lipinski definition) is 2. The van der Waals surface area contributed by atoms with Crippen LogP contribution in [0.1, 0.15) is 153 Å². The second-order valence-corrected chi connectivity index (χ2v) is 19.1. The Morgan fingerprint density at radius 2 is 1.58 bits per heavy atom. The number of aliphatic hydroxyl groups excluding tert-OH is 1. The number of rotatable bonds is 15. The van der Waals surface area contributed by atoms with Gasteiger partial charge < -0.3 is 48.5 Å². The van der Waals surface area contributed by atoms with Gasteiger partial charge in [0.25, 0.3) is 0 Å². The smallest absolute Gasteiger partial charge is 0.550 e. The van der Waals surface area contributed by atoms with E-state index in [1.165, 1.54) is 0 Å². The van der Waals surface area contributed by atoms with Gasteiger partial charge in [0.1, 0.15) is 5.78 Å². The van der Waals surface area contributed by atoms with Crippen molar-refractivity contribution in [1.29, 1.82) is 0 Å². The summed E-state index contributed by atoms with van der Waals surface area (Å²) in [4.78, 5) is 39.5. The molecule has 18 atom stereocenters. The monoisotopic (exact) mass is 858 g/mol. The van der Waals surface area contributed by atoms with E-state index in [0.717, 1.165) is 6.42 Å². The topological polar surface area (TPSA) is 170 Å². The summed E-state index contributed by atoms with van der Waals surface area (Å²) < 4.78 is 40.3. The minimum Gasteiger partial charge on any atom is -0.550 e. The van der Waals surface area contributed by atoms with Crippen LogP contribution in [0.3, 0.4) is 0 Å². The molecule has 5 aliphatic heterocycles. The van der Waals surface area contributed by atoms with Gasteiger partial charge >= 0.3 is 57.4 Å². The third-order valence-electron chi connectivity index (χ3n) is 15.1. The molecule has 2 N–H and O–H groups in total. The first-order valence-corrected chi connectivity index (χ1v) is 22.7. The molecular formula is C46H75KO12. The van der Waals surface area contributed by atoms with Crippen molar-refractivity contribution in [3.8, 4) is 0 Å². The molecule has 5 rings (SSSR count). The van der Waals surface area contributed by atoms with Crippen molar-refractivity contribution >= 4 is 17.7 Å². The second kappa shape index (κ2) is 20.7. The van der Waals surface area contributed by atoms with E-state index in [2.05, 4.69) is 20.8 Å². The third-order valence-corrected chi connectivity index (χ3v) is 15.1. The van der Waals surface area contributed by atoms with Crippen molar-refractivity contribution in [2.75, 3.05) is 0 Å². The molecular weight excluding hydrogens is 784 g/mol. The largest absolute Gasteiger partial charge is 1.00 e. The Kier molecular flexibility index (Phi) is 18.0. The van der Waals surface area contributed by atoms with E-state index in [1.54, 1.807) is 6.92 Å². The number of Topliss-reactive ketones (excluding diaryl/α,β-unsaturated/α-hetero) is 1. The third kappa shape index (κ3) is 10.5. The number of aliphatic hydroxyl groups is 2. The first-order valence-electron chi connectivity index (χ1n) is 22.7. The molecule has 59 heavy (non-hydrogen) atoms. The molecule has 5 aliphatic rings. The van der Waals surface area contributed by atoms with Gasteiger partial charge in [0.05, 0.1) is 47.8 Å². The van der Waals surface area contributed by atoms with E-state index in [1.807, 2.05) is 60.6 Å². The molecule has 4 fully saturated rings. The molecule has 12 nitrogen and oxygen atoms in total. The fourth-order valence-electron chi connectivity index (χ4n) is 11.0. The molecule has 0 aromatic carbocycles. The van der Waals surface area contributed by atoms with E-state index in [4.69, 9.17) is 28.4 Å². The molecule has 4 saturated heterocycles. The van der Waals surface area contributed by atoms with Crippen molar-refractivity contribution in [1.82, 2.24) is 0 Å². The summed E-state index contributed by atoms with van der Waals surface area (Å²) in [6.45, 7) is 21.4. The minimum absolute atomic E-state index is 0. The first-order chi connectivity index (χ1) is 27.2. The molecule has 0 radical (unpaired) electrons. The van der Waals surface area contributed by atoms with Crippen LogP contribution in [0.4, 0.5) is 0 Å². The van der Waals surface area contributed by atoms with Crippen LogP contribution in [-0.2, 0) is 42.8 Å². The van der Waals surface area contributed by atoms with Crippen LogP contribution in [0, 0.1) is 41.4 Å². The number of ether oxygens (including phenoxy) is 6. The Labute approximate surface area is 396 Å². The van der Waals surface area contributed by atoms with Crippen molar-refractivity contribution in [2.24, 2.45) is 41.4 Å². The van der Waals surface area contributed by atoms with E-state index >= 15 is 0 Å². The summed E-state index contributed by atoms with van der Waals surface area (Å²) >= 11 is 0. The normalized spacial score (nSPS) is 42.4. The maximum absolute atomic E-state index is 14.6. The minimum atomic E-state index is -1.38. The summed E-state index contributed by atoms with van der Waals surface area (Å²) in [7, 11) is 0. The summed E-state index contributed by atoms with van der Waals surface area (Å²) in [5, 5.41) is 34.8. The van der Waals surface area contributed by atoms with Gasteiger partial charge in [-0.3, -0.25) is 9.59 Å². The number of aliphatic carboxylic acids is 1. The summed E-state index contributed by atoms with van der Waals surface area (Å²) in [6.07, 6.45) is 6.17. The Hall–Kier alpha value is -0.294. The maximum atomic E-state index is 14.6. The molecule has 0 aromatic rings. The van der Waals surface area contributed by atoms with Gasteiger partial charge in [-0.05, 0) is 102 Å². The van der Waals surface area contributed by atoms with Crippen LogP contribution in [0.15, 0.2) is 12.2 Å². The van der Waals surface area contributed by atoms with Gasteiger partial charge in [-0.15, -0.1) is 0 Å². The van der Waals surface area contributed by atoms with Crippen LogP contribution in [-0.4, -0.2) is 93.4 Å². The van der Waals surface area contributed by atoms with Gasteiger partial charge in [0.15, 0.2) is 11.9 Å². The zero-order chi connectivity index (χ0) is 43.0. The van der Waals surface area contributed by atoms with Crippen molar-refractivity contribution in [3.63, 3.8) is 0 Å². The first kappa shape index (κ1) is 51.3. The Morgan fingerprint density at radius 3 is 2.17 bits per heavy atom. The number of carbonyl (C=O) groups excluding carboxylic acids is 3. The summed E-state index contributed by atoms with van der Waals surface area (Å²) in [5.41, 5.74) is -1.71. The zero-order valence-corrected chi connectivity index (χ0v) is 41.3. The standard InChI is InChI=1S/C46H76O12.K/c1-12-16-37(47)55-36-20-22-45(58-46(36)24-23-43(11,57-46)35-19-21-44(52,15-4)31(10)53-35)28(7)25-27(6)41(56-45)33(14-3)39(49)29(8)38(48)30(9)40-26(5)17-18-34(54-40)32(13-2)42(50)51;/h20,22,26-36,38,40-41,48,52H,12-19,21,23-25H2,1-11H3,(H,50,51);/q;+1/p-1/t26-,27-,28+,29-,30-,31-,32+,33-,34+,35+,36+,38+,40+,41-,43-,44+,45-,46-;/m0./s1. The van der Waals surface area contributed by atoms with Crippen LogP contribution >= 0.6 is 0 Å². The number of ketones is 1. The molecule has 0 aliphatic carbocycles. The Bertz CT molecular complexity index is 1480. The predicted octanol–water partition coefficient (Wildman–Crippen LogP) is 3.21. The van der Waals surface area contributed by atoms with Crippen molar-refractivity contribution in [2.45, 2.75) is 219 Å². The predicted molar refractivity (Wildman–Crippen MR) is 215 cm³/mol. The summed E-state index contributed by atoms with van der Waals surface area (Å²) in [6, 6.07) is 0. The fraction of sp³-hybridized carbons (Fsp3) is 0.891. The molecule has 13 heteroatoms. The average Bonchev–Trinajstić information content (AvgIpc) is 3.52. The van der Waals surface area contributed by atoms with Gasteiger partial charge in [-0.1, -0.05) is 62.3 Å². The second-order valence-electron chi connectivity index (χ2n) is 19.1. The average molecular weight is 859 g/mol. The number of hydrogen-bond acceptors (Lipinski definition) is 12. The summed E-state index contributed by atoms with van der Waals surface area (Å²) in [5.74, 6) is -6.82. The van der Waals surface area contributed by atoms with Gasteiger partial charge in [-0.2, -0.15) is 0 Å². The molecule has 0 unspecified atom stereocenters. The van der Waals surface area contributed by atoms with E-state index in [-0.39, 0.29) is 99.5 Å². The Balaban J connectivity index is 0.00000769. The SMILES string of the molecule is CCCC(=O)O[C@@H]1C=C[C@]2(O[C@H]([C@@H](CC)C(=O)[C@@H](C)[C@@H](O)[C@H](C)[C@@H]3O[C@@H]([C@@H](CC)C(=O)[O-])CC[C@@H]3C)[C@@H](C)C[C@H]2C)O[C@@]12CC[C@@](C)([C@H]1CC[C@](O)(CC)[C@H](C)O1)O2.[K+]. The van der Waals surface area contributed by atoms with Crippen LogP contribution in [0.5, 0.6) is 0 Å². The van der Waals surface area contributed by atoms with Crippen molar-refractivity contribution < 1.29 is 110 Å². The molecule has 0 bridgehead atoms. The number of carboxylic acid groups (broad SMARTS) is 1. The fourth-order valence-corrected chi connectivity index (χ4v) is 11.0. The molecule has 5 heterocycles. The van der Waals surface area contributed by atoms with E-state index in [9.17, 15) is 29.7 Å². The van der Waals surface area contributed by atoms with Gasteiger partial charge in [-0.25, -0.2) is 0 Å². The van der Waals surface area contributed by atoms with Crippen LogP contribution in [0.2, 0.25) is 0 Å². The Morgan fingerprint density at radius 1 is 0.898 bits per heavy atom. The van der Waals surface area contributed by atoms with Gasteiger partial charge in [0.2, 0.25) is 5.79 Å². The molecule has 332 valence electrons. The number of carboxylic acids is 1. The van der Waals surface area contributed by atoms with Crippen molar-refractivity contribution in [3.05, 3.63) is 12.2 Å². The van der Waals surface area contributed by atoms with E-state index < -0.39 is 82.9 Å². The molecule has 0 amide bonds. The van der Waals surface area contributed by atoms with E-state index in [0.29, 0.717) is 64.2 Å². The molecule has 0 saturated carbocycles. The number of carbonyl (C=O) groups is 3. The maximum Gasteiger partial charge on any atom is 1.00 e. The zero-order valence-electron chi connectivity index (χ0n) is 38.2. The quantitative estimate of drug-likeness (QED) is 0.140. The molecule has 2 spiro atoms. The van der Waals surface area contributed by atoms with Crippen LogP contribution in [0.25, 0.3) is 0 Å². The molecule has 0 aromatic heterocycles. The number of esters is 1. The van der Waals surface area contributed by atoms with Crippen LogP contribution < -0.4 is 56.5 Å².